The number of urea groups is 1. The predicted octanol–water partition coefficient (Wildman–Crippen LogP) is 5.17. The molecule has 1 fully saturated rings. The van der Waals surface area contributed by atoms with Gasteiger partial charge < -0.3 is 15.0 Å². The Morgan fingerprint density at radius 2 is 1.93 bits per heavy atom. The van der Waals surface area contributed by atoms with E-state index >= 15 is 0 Å². The molecule has 1 atom stereocenters. The van der Waals surface area contributed by atoms with E-state index in [4.69, 9.17) is 4.74 Å². The number of piperidine rings is 1. The van der Waals surface area contributed by atoms with Crippen molar-refractivity contribution in [2.45, 2.75) is 25.6 Å². The molecule has 1 unspecified atom stereocenters. The fraction of sp³-hybridized carbons (Fsp3) is 0.381. The third kappa shape index (κ3) is 5.73. The molecule has 1 heterocycles. The van der Waals surface area contributed by atoms with Crippen molar-refractivity contribution in [3.8, 4) is 0 Å². The number of benzene rings is 2. The van der Waals surface area contributed by atoms with Crippen LogP contribution in [0.1, 0.15) is 24.0 Å². The third-order valence-electron chi connectivity index (χ3n) is 4.71. The van der Waals surface area contributed by atoms with Crippen LogP contribution in [0, 0.1) is 5.92 Å². The van der Waals surface area contributed by atoms with Gasteiger partial charge in [-0.05, 0) is 36.6 Å². The molecule has 1 aliphatic heterocycles. The van der Waals surface area contributed by atoms with Crippen molar-refractivity contribution in [2.75, 3.05) is 25.0 Å². The summed E-state index contributed by atoms with van der Waals surface area (Å²) in [5, 5.41) is 2.57. The highest BCUT2D eigenvalue weighted by Crippen LogP contribution is 2.30. The monoisotopic (exact) mass is 392 g/mol. The van der Waals surface area contributed by atoms with Gasteiger partial charge >= 0.3 is 12.2 Å². The molecule has 0 saturated carbocycles. The van der Waals surface area contributed by atoms with Crippen LogP contribution in [0.25, 0.3) is 0 Å². The largest absolute Gasteiger partial charge is 0.416 e. The number of amides is 2. The van der Waals surface area contributed by atoms with E-state index in [0.717, 1.165) is 30.5 Å². The quantitative estimate of drug-likeness (QED) is 0.763. The zero-order chi connectivity index (χ0) is 20.0. The molecular formula is C21H23F3N2O2. The normalized spacial score (nSPS) is 17.4. The summed E-state index contributed by atoms with van der Waals surface area (Å²) < 4.78 is 44.2. The number of alkyl halides is 3. The summed E-state index contributed by atoms with van der Waals surface area (Å²) in [4.78, 5) is 14.1. The first-order chi connectivity index (χ1) is 13.4. The minimum absolute atomic E-state index is 0.141. The van der Waals surface area contributed by atoms with Crippen molar-refractivity contribution in [1.82, 2.24) is 4.90 Å². The number of nitrogens with one attached hydrogen (secondary N) is 1. The van der Waals surface area contributed by atoms with Crippen molar-refractivity contribution >= 4 is 11.7 Å². The second-order valence-corrected chi connectivity index (χ2v) is 6.96. The van der Waals surface area contributed by atoms with E-state index in [1.807, 2.05) is 30.3 Å². The van der Waals surface area contributed by atoms with Crippen LogP contribution in [0.3, 0.4) is 0 Å². The average molecular weight is 392 g/mol. The van der Waals surface area contributed by atoms with Gasteiger partial charge in [-0.1, -0.05) is 36.4 Å². The van der Waals surface area contributed by atoms with Gasteiger partial charge in [0.05, 0.1) is 18.8 Å². The molecule has 1 aliphatic rings. The fourth-order valence-corrected chi connectivity index (χ4v) is 3.28. The van der Waals surface area contributed by atoms with Gasteiger partial charge in [0, 0.05) is 24.7 Å². The number of carbonyl (C=O) groups is 1. The third-order valence-corrected chi connectivity index (χ3v) is 4.71. The number of hydrogen-bond donors (Lipinski definition) is 1. The highest BCUT2D eigenvalue weighted by molar-refractivity contribution is 5.89. The summed E-state index contributed by atoms with van der Waals surface area (Å²) in [5.41, 5.74) is 0.455. The Morgan fingerprint density at radius 3 is 2.68 bits per heavy atom. The van der Waals surface area contributed by atoms with E-state index in [1.165, 1.54) is 12.1 Å². The molecule has 0 spiro atoms. The lowest BCUT2D eigenvalue weighted by Gasteiger charge is -2.32. The Balaban J connectivity index is 1.50. The molecule has 2 amide bonds. The summed E-state index contributed by atoms with van der Waals surface area (Å²) in [5.74, 6) is 0.213. The molecule has 0 aromatic heterocycles. The molecule has 28 heavy (non-hydrogen) atoms. The lowest BCUT2D eigenvalue weighted by Crippen LogP contribution is -2.43. The molecule has 150 valence electrons. The SMILES string of the molecule is O=C(Nc1cccc(C(F)(F)F)c1)N1CCCC(COCc2ccccc2)C1. The predicted molar refractivity (Wildman–Crippen MR) is 101 cm³/mol. The molecule has 2 aromatic rings. The zero-order valence-corrected chi connectivity index (χ0v) is 15.4. The Bertz CT molecular complexity index is 781. The number of likely N-dealkylation sites (tertiary alicyclic amines) is 1. The van der Waals surface area contributed by atoms with Crippen molar-refractivity contribution in [1.29, 1.82) is 0 Å². The number of ether oxygens (including phenoxy) is 1. The van der Waals surface area contributed by atoms with E-state index in [2.05, 4.69) is 5.32 Å². The molecule has 0 radical (unpaired) electrons. The van der Waals surface area contributed by atoms with Crippen molar-refractivity contribution in [3.63, 3.8) is 0 Å². The Kier molecular flexibility index (Phi) is 6.57. The summed E-state index contributed by atoms with van der Waals surface area (Å²) in [7, 11) is 0. The average Bonchev–Trinajstić information content (AvgIpc) is 2.69. The van der Waals surface area contributed by atoms with Crippen LogP contribution >= 0.6 is 0 Å². The van der Waals surface area contributed by atoms with Gasteiger partial charge in [-0.25, -0.2) is 4.79 Å². The van der Waals surface area contributed by atoms with Crippen LogP contribution in [0.15, 0.2) is 54.6 Å². The smallest absolute Gasteiger partial charge is 0.376 e. The van der Waals surface area contributed by atoms with Crippen molar-refractivity contribution in [3.05, 3.63) is 65.7 Å². The van der Waals surface area contributed by atoms with Gasteiger partial charge in [-0.15, -0.1) is 0 Å². The van der Waals surface area contributed by atoms with E-state index in [0.29, 0.717) is 26.3 Å². The first-order valence-corrected chi connectivity index (χ1v) is 9.26. The number of hydrogen-bond acceptors (Lipinski definition) is 2. The topological polar surface area (TPSA) is 41.6 Å². The lowest BCUT2D eigenvalue weighted by atomic mass is 9.99. The maximum absolute atomic E-state index is 12.8. The van der Waals surface area contributed by atoms with Crippen molar-refractivity contribution < 1.29 is 22.7 Å². The van der Waals surface area contributed by atoms with Crippen LogP contribution in [0.2, 0.25) is 0 Å². The standard InChI is InChI=1S/C21H23F3N2O2/c22-21(23,24)18-9-4-10-19(12-18)25-20(27)26-11-5-8-17(13-26)15-28-14-16-6-2-1-3-7-16/h1-4,6-7,9-10,12,17H,5,8,11,13-15H2,(H,25,27). The second kappa shape index (κ2) is 9.10. The molecule has 3 rings (SSSR count). The van der Waals surface area contributed by atoms with Crippen LogP contribution in [-0.4, -0.2) is 30.6 Å². The number of nitrogens with zero attached hydrogens (tertiary/aromatic N) is 1. The Hall–Kier alpha value is -2.54. The molecular weight excluding hydrogens is 369 g/mol. The zero-order valence-electron chi connectivity index (χ0n) is 15.4. The lowest BCUT2D eigenvalue weighted by molar-refractivity contribution is -0.137. The number of anilines is 1. The van der Waals surface area contributed by atoms with Crippen LogP contribution in [0.5, 0.6) is 0 Å². The van der Waals surface area contributed by atoms with Crippen molar-refractivity contribution in [2.24, 2.45) is 5.92 Å². The van der Waals surface area contributed by atoms with Crippen LogP contribution in [0.4, 0.5) is 23.7 Å². The minimum Gasteiger partial charge on any atom is -0.376 e. The van der Waals surface area contributed by atoms with E-state index < -0.39 is 11.7 Å². The molecule has 0 bridgehead atoms. The van der Waals surface area contributed by atoms with Crippen LogP contribution < -0.4 is 5.32 Å². The fourth-order valence-electron chi connectivity index (χ4n) is 3.28. The number of halogens is 3. The van der Waals surface area contributed by atoms with Crippen LogP contribution in [-0.2, 0) is 17.5 Å². The Morgan fingerprint density at radius 1 is 1.14 bits per heavy atom. The molecule has 1 saturated heterocycles. The molecule has 7 heteroatoms. The van der Waals surface area contributed by atoms with Gasteiger partial charge in [-0.3, -0.25) is 0 Å². The van der Waals surface area contributed by atoms with Gasteiger partial charge in [0.2, 0.25) is 0 Å². The minimum atomic E-state index is -4.44. The molecule has 1 N–H and O–H groups in total. The molecule has 0 aliphatic carbocycles. The van der Waals surface area contributed by atoms with Gasteiger partial charge in [0.25, 0.3) is 0 Å². The molecule has 4 nitrogen and oxygen atoms in total. The first kappa shape index (κ1) is 20.2. The highest BCUT2D eigenvalue weighted by Gasteiger charge is 2.31. The second-order valence-electron chi connectivity index (χ2n) is 6.96. The van der Waals surface area contributed by atoms with Gasteiger partial charge in [0.15, 0.2) is 0 Å². The number of rotatable bonds is 5. The van der Waals surface area contributed by atoms with Gasteiger partial charge in [-0.2, -0.15) is 13.2 Å². The number of carbonyl (C=O) groups excluding carboxylic acids is 1. The van der Waals surface area contributed by atoms with E-state index in [1.54, 1.807) is 4.90 Å². The maximum Gasteiger partial charge on any atom is 0.416 e. The first-order valence-electron chi connectivity index (χ1n) is 9.26. The summed E-state index contributed by atoms with van der Waals surface area (Å²) in [6.07, 6.45) is -2.63. The van der Waals surface area contributed by atoms with Gasteiger partial charge in [0.1, 0.15) is 0 Å². The Labute approximate surface area is 162 Å². The summed E-state index contributed by atoms with van der Waals surface area (Å²) in [6.45, 7) is 2.18. The molecule has 2 aromatic carbocycles. The summed E-state index contributed by atoms with van der Waals surface area (Å²) in [6, 6.07) is 14.1. The summed E-state index contributed by atoms with van der Waals surface area (Å²) >= 11 is 0. The maximum atomic E-state index is 12.8. The van der Waals surface area contributed by atoms with E-state index in [9.17, 15) is 18.0 Å². The van der Waals surface area contributed by atoms with E-state index in [-0.39, 0.29) is 17.6 Å². The highest BCUT2D eigenvalue weighted by atomic mass is 19.4.